The summed E-state index contributed by atoms with van der Waals surface area (Å²) in [4.78, 5) is 26.3. The molecule has 1 amide bonds. The summed E-state index contributed by atoms with van der Waals surface area (Å²) < 4.78 is 15.6. The standard InChI is InChI=1S/C23H27NO5/c1-17(2)24(15-18-8-6-5-7-9-18)22(25)16-29-23(26)13-11-19-10-12-20(27-3)14-21(19)28-4/h5-14,17H,15-16H2,1-4H3/b13-11+. The molecule has 0 saturated carbocycles. The van der Waals surface area contributed by atoms with Gasteiger partial charge in [-0.05, 0) is 37.6 Å². The van der Waals surface area contributed by atoms with E-state index in [4.69, 9.17) is 14.2 Å². The average Bonchev–Trinajstić information content (AvgIpc) is 2.74. The fourth-order valence-electron chi connectivity index (χ4n) is 2.72. The van der Waals surface area contributed by atoms with Crippen LogP contribution in [0.5, 0.6) is 11.5 Å². The number of amides is 1. The van der Waals surface area contributed by atoms with Gasteiger partial charge in [-0.15, -0.1) is 0 Å². The third-order valence-electron chi connectivity index (χ3n) is 4.32. The van der Waals surface area contributed by atoms with Crippen LogP contribution in [-0.2, 0) is 20.9 Å². The Morgan fingerprint density at radius 3 is 2.38 bits per heavy atom. The van der Waals surface area contributed by atoms with E-state index in [2.05, 4.69) is 0 Å². The maximum Gasteiger partial charge on any atom is 0.331 e. The number of esters is 1. The summed E-state index contributed by atoms with van der Waals surface area (Å²) in [5.41, 5.74) is 1.72. The summed E-state index contributed by atoms with van der Waals surface area (Å²) >= 11 is 0. The molecule has 0 bridgehead atoms. The Morgan fingerprint density at radius 2 is 1.76 bits per heavy atom. The molecule has 0 aliphatic heterocycles. The van der Waals surface area contributed by atoms with Gasteiger partial charge in [0.15, 0.2) is 6.61 Å². The third-order valence-corrected chi connectivity index (χ3v) is 4.32. The summed E-state index contributed by atoms with van der Waals surface area (Å²) in [7, 11) is 3.10. The van der Waals surface area contributed by atoms with E-state index in [0.717, 1.165) is 5.56 Å². The summed E-state index contributed by atoms with van der Waals surface area (Å²) in [5, 5.41) is 0. The molecule has 0 unspecified atom stereocenters. The van der Waals surface area contributed by atoms with Crippen LogP contribution < -0.4 is 9.47 Å². The van der Waals surface area contributed by atoms with E-state index in [1.54, 1.807) is 36.3 Å². The van der Waals surface area contributed by atoms with Crippen molar-refractivity contribution in [2.75, 3.05) is 20.8 Å². The van der Waals surface area contributed by atoms with Gasteiger partial charge in [-0.2, -0.15) is 0 Å². The minimum absolute atomic E-state index is 0.0134. The van der Waals surface area contributed by atoms with Crippen LogP contribution in [0.1, 0.15) is 25.0 Å². The monoisotopic (exact) mass is 397 g/mol. The molecule has 154 valence electrons. The Hall–Kier alpha value is -3.28. The van der Waals surface area contributed by atoms with Crippen molar-refractivity contribution in [3.63, 3.8) is 0 Å². The quantitative estimate of drug-likeness (QED) is 0.477. The van der Waals surface area contributed by atoms with Crippen molar-refractivity contribution < 1.29 is 23.8 Å². The van der Waals surface area contributed by atoms with Gasteiger partial charge in [0.05, 0.1) is 14.2 Å². The zero-order valence-corrected chi connectivity index (χ0v) is 17.3. The lowest BCUT2D eigenvalue weighted by Crippen LogP contribution is -2.39. The number of nitrogens with zero attached hydrogens (tertiary/aromatic N) is 1. The molecule has 6 nitrogen and oxygen atoms in total. The third kappa shape index (κ3) is 6.68. The summed E-state index contributed by atoms with van der Waals surface area (Å²) in [6, 6.07) is 14.9. The first kappa shape index (κ1) is 22.0. The smallest absolute Gasteiger partial charge is 0.331 e. The van der Waals surface area contributed by atoms with Gasteiger partial charge in [0.25, 0.3) is 5.91 Å². The lowest BCUT2D eigenvalue weighted by atomic mass is 10.1. The van der Waals surface area contributed by atoms with E-state index < -0.39 is 5.97 Å². The molecule has 0 fully saturated rings. The molecule has 2 aromatic rings. The molecule has 0 aromatic heterocycles. The second-order valence-corrected chi connectivity index (χ2v) is 6.65. The molecule has 2 rings (SSSR count). The number of hydrogen-bond acceptors (Lipinski definition) is 5. The highest BCUT2D eigenvalue weighted by Crippen LogP contribution is 2.25. The van der Waals surface area contributed by atoms with E-state index >= 15 is 0 Å². The van der Waals surface area contributed by atoms with Crippen LogP contribution >= 0.6 is 0 Å². The van der Waals surface area contributed by atoms with Crippen molar-refractivity contribution in [1.82, 2.24) is 4.90 Å². The first-order chi connectivity index (χ1) is 13.9. The van der Waals surface area contributed by atoms with Gasteiger partial charge in [-0.3, -0.25) is 4.79 Å². The number of methoxy groups -OCH3 is 2. The van der Waals surface area contributed by atoms with E-state index in [1.165, 1.54) is 13.2 Å². The molecule has 0 saturated heterocycles. The molecule has 0 aliphatic rings. The van der Waals surface area contributed by atoms with Gasteiger partial charge in [-0.1, -0.05) is 30.3 Å². The van der Waals surface area contributed by atoms with Gasteiger partial charge in [0.2, 0.25) is 0 Å². The fraction of sp³-hybridized carbons (Fsp3) is 0.304. The van der Waals surface area contributed by atoms with Crippen molar-refractivity contribution in [3.8, 4) is 11.5 Å². The first-order valence-corrected chi connectivity index (χ1v) is 9.35. The lowest BCUT2D eigenvalue weighted by Gasteiger charge is -2.26. The van der Waals surface area contributed by atoms with Crippen molar-refractivity contribution in [2.24, 2.45) is 0 Å². The van der Waals surface area contributed by atoms with Gasteiger partial charge >= 0.3 is 5.97 Å². The highest BCUT2D eigenvalue weighted by Gasteiger charge is 2.18. The molecular formula is C23H27NO5. The highest BCUT2D eigenvalue weighted by atomic mass is 16.5. The Bertz CT molecular complexity index is 846. The molecule has 0 radical (unpaired) electrons. The zero-order valence-electron chi connectivity index (χ0n) is 17.3. The topological polar surface area (TPSA) is 65.1 Å². The highest BCUT2D eigenvalue weighted by molar-refractivity contribution is 5.89. The van der Waals surface area contributed by atoms with E-state index in [0.29, 0.717) is 23.6 Å². The van der Waals surface area contributed by atoms with Crippen LogP contribution in [0.3, 0.4) is 0 Å². The first-order valence-electron chi connectivity index (χ1n) is 9.35. The lowest BCUT2D eigenvalue weighted by molar-refractivity contribution is -0.149. The fourth-order valence-corrected chi connectivity index (χ4v) is 2.72. The number of rotatable bonds is 9. The summed E-state index contributed by atoms with van der Waals surface area (Å²) in [5.74, 6) is 0.380. The van der Waals surface area contributed by atoms with E-state index in [9.17, 15) is 9.59 Å². The van der Waals surface area contributed by atoms with Crippen LogP contribution in [0.4, 0.5) is 0 Å². The van der Waals surface area contributed by atoms with Crippen molar-refractivity contribution in [1.29, 1.82) is 0 Å². The molecule has 0 N–H and O–H groups in total. The van der Waals surface area contributed by atoms with E-state index in [-0.39, 0.29) is 18.6 Å². The van der Waals surface area contributed by atoms with Gasteiger partial charge in [0.1, 0.15) is 11.5 Å². The van der Waals surface area contributed by atoms with Crippen LogP contribution in [0.2, 0.25) is 0 Å². The van der Waals surface area contributed by atoms with Crippen molar-refractivity contribution >= 4 is 18.0 Å². The van der Waals surface area contributed by atoms with Crippen LogP contribution in [0.15, 0.2) is 54.6 Å². The second-order valence-electron chi connectivity index (χ2n) is 6.65. The molecule has 0 spiro atoms. The molecule has 0 heterocycles. The molecule has 29 heavy (non-hydrogen) atoms. The number of ether oxygens (including phenoxy) is 3. The van der Waals surface area contributed by atoms with Crippen LogP contribution in [0, 0.1) is 0 Å². The average molecular weight is 397 g/mol. The molecule has 0 aliphatic carbocycles. The molecule has 6 heteroatoms. The zero-order chi connectivity index (χ0) is 21.2. The Kier molecular flexibility index (Phi) is 8.27. The Labute approximate surface area is 171 Å². The molecule has 0 atom stereocenters. The largest absolute Gasteiger partial charge is 0.497 e. The minimum Gasteiger partial charge on any atom is -0.497 e. The number of carbonyl (C=O) groups is 2. The van der Waals surface area contributed by atoms with Crippen molar-refractivity contribution in [3.05, 3.63) is 65.7 Å². The summed E-state index contributed by atoms with van der Waals surface area (Å²) in [6.45, 7) is 4.01. The number of hydrogen-bond donors (Lipinski definition) is 0. The maximum absolute atomic E-state index is 12.5. The Balaban J connectivity index is 1.95. The molecular weight excluding hydrogens is 370 g/mol. The Morgan fingerprint density at radius 1 is 1.03 bits per heavy atom. The van der Waals surface area contributed by atoms with Gasteiger partial charge < -0.3 is 19.1 Å². The minimum atomic E-state index is -0.598. The second kappa shape index (κ2) is 10.9. The van der Waals surface area contributed by atoms with Crippen molar-refractivity contribution in [2.45, 2.75) is 26.4 Å². The maximum atomic E-state index is 12.5. The van der Waals surface area contributed by atoms with E-state index in [1.807, 2.05) is 44.2 Å². The normalized spacial score (nSPS) is 10.8. The van der Waals surface area contributed by atoms with Gasteiger partial charge in [0, 0.05) is 30.3 Å². The number of benzene rings is 2. The predicted molar refractivity (Wildman–Crippen MR) is 112 cm³/mol. The summed E-state index contributed by atoms with van der Waals surface area (Å²) in [6.07, 6.45) is 2.85. The predicted octanol–water partition coefficient (Wildman–Crippen LogP) is 3.70. The van der Waals surface area contributed by atoms with Crippen LogP contribution in [0.25, 0.3) is 6.08 Å². The van der Waals surface area contributed by atoms with Crippen LogP contribution in [-0.4, -0.2) is 43.6 Å². The molecule has 2 aromatic carbocycles. The number of carbonyl (C=O) groups excluding carboxylic acids is 2. The van der Waals surface area contributed by atoms with Gasteiger partial charge in [-0.25, -0.2) is 4.79 Å². The SMILES string of the molecule is COc1ccc(/C=C/C(=O)OCC(=O)N(Cc2ccccc2)C(C)C)c(OC)c1.